The highest BCUT2D eigenvalue weighted by atomic mass is 32.2. The van der Waals surface area contributed by atoms with Crippen LogP contribution in [-0.4, -0.2) is 0 Å². The first kappa shape index (κ1) is 18.9. The molecular formula is C20H10F5NS. The molecule has 0 radical (unpaired) electrons. The van der Waals surface area contributed by atoms with Gasteiger partial charge in [-0.2, -0.15) is 18.4 Å². The van der Waals surface area contributed by atoms with E-state index in [2.05, 4.69) is 0 Å². The first-order valence-corrected chi connectivity index (χ1v) is 8.44. The summed E-state index contributed by atoms with van der Waals surface area (Å²) in [5.41, 5.74) is 1.37. The summed E-state index contributed by atoms with van der Waals surface area (Å²) >= 11 is 0.410. The molecule has 0 N–H and O–H groups in total. The first-order valence-electron chi connectivity index (χ1n) is 7.62. The van der Waals surface area contributed by atoms with Crippen LogP contribution < -0.4 is 0 Å². The lowest BCUT2D eigenvalue weighted by molar-refractivity contribution is -0.137. The molecule has 3 aromatic rings. The third kappa shape index (κ3) is 4.12. The number of thioether (sulfide) groups is 1. The Morgan fingerprint density at radius 3 is 1.52 bits per heavy atom. The van der Waals surface area contributed by atoms with E-state index in [4.69, 9.17) is 5.26 Å². The third-order valence-corrected chi connectivity index (χ3v) is 4.60. The van der Waals surface area contributed by atoms with Crippen LogP contribution in [-0.2, 0) is 6.18 Å². The Morgan fingerprint density at radius 1 is 0.704 bits per heavy atom. The van der Waals surface area contributed by atoms with Crippen LogP contribution in [0.4, 0.5) is 22.0 Å². The van der Waals surface area contributed by atoms with Crippen molar-refractivity contribution in [2.24, 2.45) is 0 Å². The molecule has 27 heavy (non-hydrogen) atoms. The Morgan fingerprint density at radius 2 is 1.11 bits per heavy atom. The molecule has 3 rings (SSSR count). The summed E-state index contributed by atoms with van der Waals surface area (Å²) in [7, 11) is 0. The average Bonchev–Trinajstić information content (AvgIpc) is 2.64. The van der Waals surface area contributed by atoms with Crippen LogP contribution in [0, 0.1) is 22.3 Å². The van der Waals surface area contributed by atoms with E-state index < -0.39 is 23.4 Å². The highest BCUT2D eigenvalue weighted by Gasteiger charge is 2.29. The van der Waals surface area contributed by atoms with Gasteiger partial charge in [0, 0.05) is 0 Å². The van der Waals surface area contributed by atoms with Crippen molar-refractivity contribution in [3.05, 3.63) is 77.9 Å². The molecule has 0 saturated carbocycles. The monoisotopic (exact) mass is 391 g/mol. The summed E-state index contributed by atoms with van der Waals surface area (Å²) in [4.78, 5) is -0.359. The zero-order valence-electron chi connectivity index (χ0n) is 13.5. The number of hydrogen-bond acceptors (Lipinski definition) is 2. The van der Waals surface area contributed by atoms with Crippen molar-refractivity contribution in [3.63, 3.8) is 0 Å². The molecule has 3 aromatic carbocycles. The Labute approximate surface area is 156 Å². The zero-order valence-corrected chi connectivity index (χ0v) is 14.3. The number of hydrogen-bond donors (Lipinski definition) is 0. The van der Waals surface area contributed by atoms with Gasteiger partial charge >= 0.3 is 6.18 Å². The summed E-state index contributed by atoms with van der Waals surface area (Å²) in [5, 5.41) is 10.2. The maximum Gasteiger partial charge on any atom is 0.416 e. The fourth-order valence-electron chi connectivity index (χ4n) is 2.58. The quantitative estimate of drug-likeness (QED) is 0.276. The number of thiocyanates is 1. The summed E-state index contributed by atoms with van der Waals surface area (Å²) in [6.45, 7) is 0. The molecule has 0 amide bonds. The maximum atomic E-state index is 14.0. The van der Waals surface area contributed by atoms with E-state index in [1.54, 1.807) is 29.7 Å². The van der Waals surface area contributed by atoms with Gasteiger partial charge in [-0.3, -0.25) is 0 Å². The van der Waals surface area contributed by atoms with E-state index in [1.807, 2.05) is 0 Å². The molecule has 0 unspecified atom stereocenters. The molecule has 7 heteroatoms. The van der Waals surface area contributed by atoms with Crippen LogP contribution in [0.1, 0.15) is 5.56 Å². The van der Waals surface area contributed by atoms with E-state index in [1.165, 1.54) is 12.1 Å². The van der Waals surface area contributed by atoms with Gasteiger partial charge in [0.1, 0.15) is 17.0 Å². The van der Waals surface area contributed by atoms with Gasteiger partial charge in [0.25, 0.3) is 0 Å². The molecule has 0 bridgehead atoms. The molecule has 0 aliphatic rings. The van der Waals surface area contributed by atoms with Crippen molar-refractivity contribution in [3.8, 4) is 27.7 Å². The summed E-state index contributed by atoms with van der Waals surface area (Å²) in [5.74, 6) is -1.66. The highest BCUT2D eigenvalue weighted by Crippen LogP contribution is 2.33. The van der Waals surface area contributed by atoms with Crippen LogP contribution in [0.25, 0.3) is 22.3 Å². The molecule has 0 saturated heterocycles. The molecule has 0 aliphatic heterocycles. The van der Waals surface area contributed by atoms with Gasteiger partial charge < -0.3 is 0 Å². The minimum absolute atomic E-state index is 0.297. The van der Waals surface area contributed by atoms with E-state index in [9.17, 15) is 22.0 Å². The van der Waals surface area contributed by atoms with Gasteiger partial charge in [0.2, 0.25) is 0 Å². The van der Waals surface area contributed by atoms with Gasteiger partial charge in [0.05, 0.1) is 10.5 Å². The predicted molar refractivity (Wildman–Crippen MR) is 93.7 cm³/mol. The SMILES string of the molecule is N#CSc1c(F)cc(-c2ccc(-c3ccc(C(F)(F)F)cc3)cc2)cc1F. The fraction of sp³-hybridized carbons (Fsp3) is 0.0500. The third-order valence-electron chi connectivity index (χ3n) is 3.91. The van der Waals surface area contributed by atoms with Crippen LogP contribution in [0.3, 0.4) is 0 Å². The fourth-order valence-corrected chi connectivity index (χ4v) is 2.98. The molecule has 0 heterocycles. The second-order valence-corrected chi connectivity index (χ2v) is 6.41. The molecule has 1 nitrogen and oxygen atoms in total. The summed E-state index contributed by atoms with van der Waals surface area (Å²) in [6.07, 6.45) is -4.40. The van der Waals surface area contributed by atoms with Crippen molar-refractivity contribution in [1.29, 1.82) is 5.26 Å². The number of halogens is 5. The van der Waals surface area contributed by atoms with E-state index >= 15 is 0 Å². The van der Waals surface area contributed by atoms with Crippen molar-refractivity contribution < 1.29 is 22.0 Å². The smallest absolute Gasteiger partial charge is 0.206 e. The van der Waals surface area contributed by atoms with Gasteiger partial charge in [-0.25, -0.2) is 8.78 Å². The van der Waals surface area contributed by atoms with Crippen molar-refractivity contribution >= 4 is 11.8 Å². The molecule has 0 aromatic heterocycles. The molecule has 0 aliphatic carbocycles. The normalized spacial score (nSPS) is 11.3. The molecule has 0 spiro atoms. The van der Waals surface area contributed by atoms with E-state index in [0.717, 1.165) is 24.3 Å². The number of rotatable bonds is 3. The zero-order chi connectivity index (χ0) is 19.6. The van der Waals surface area contributed by atoms with Crippen molar-refractivity contribution in [1.82, 2.24) is 0 Å². The van der Waals surface area contributed by atoms with Crippen molar-refractivity contribution in [2.45, 2.75) is 11.1 Å². The Kier molecular flexibility index (Phi) is 5.19. The van der Waals surface area contributed by atoms with Crippen LogP contribution in [0.2, 0.25) is 0 Å². The number of benzene rings is 3. The molecule has 0 atom stereocenters. The van der Waals surface area contributed by atoms with Crippen LogP contribution >= 0.6 is 11.8 Å². The average molecular weight is 391 g/mol. The minimum Gasteiger partial charge on any atom is -0.206 e. The van der Waals surface area contributed by atoms with E-state index in [0.29, 0.717) is 34.0 Å². The van der Waals surface area contributed by atoms with Gasteiger partial charge in [-0.05, 0) is 58.3 Å². The van der Waals surface area contributed by atoms with Crippen molar-refractivity contribution in [2.75, 3.05) is 0 Å². The summed E-state index contributed by atoms with van der Waals surface area (Å²) in [6, 6.07) is 13.6. The van der Waals surface area contributed by atoms with Crippen LogP contribution in [0.5, 0.6) is 0 Å². The summed E-state index contributed by atoms with van der Waals surface area (Å²) < 4.78 is 65.8. The minimum atomic E-state index is -4.40. The van der Waals surface area contributed by atoms with Crippen LogP contribution in [0.15, 0.2) is 65.6 Å². The number of nitrogens with zero attached hydrogens (tertiary/aromatic N) is 1. The lowest BCUT2D eigenvalue weighted by atomic mass is 9.99. The van der Waals surface area contributed by atoms with Gasteiger partial charge in [-0.15, -0.1) is 0 Å². The lowest BCUT2D eigenvalue weighted by Gasteiger charge is -2.09. The van der Waals surface area contributed by atoms with Gasteiger partial charge in [-0.1, -0.05) is 36.4 Å². The Hall–Kier alpha value is -2.85. The topological polar surface area (TPSA) is 23.8 Å². The first-order chi connectivity index (χ1) is 12.8. The standard InChI is InChI=1S/C20H10F5NS/c21-17-9-15(10-18(22)19(17)27-11-26)14-3-1-12(2-4-14)13-5-7-16(8-6-13)20(23,24)25/h1-10H. The van der Waals surface area contributed by atoms with Gasteiger partial charge in [0.15, 0.2) is 0 Å². The number of alkyl halides is 3. The Bertz CT molecular complexity index is 980. The molecular weight excluding hydrogens is 381 g/mol. The molecule has 136 valence electrons. The number of nitriles is 1. The second-order valence-electron chi connectivity index (χ2n) is 5.61. The maximum absolute atomic E-state index is 14.0. The molecule has 0 fully saturated rings. The second kappa shape index (κ2) is 7.41. The highest BCUT2D eigenvalue weighted by molar-refractivity contribution is 8.03. The largest absolute Gasteiger partial charge is 0.416 e. The van der Waals surface area contributed by atoms with E-state index in [-0.39, 0.29) is 4.90 Å². The lowest BCUT2D eigenvalue weighted by Crippen LogP contribution is -2.03. The predicted octanol–water partition coefficient (Wildman–Crippen LogP) is 6.89. The Balaban J connectivity index is 1.89.